The summed E-state index contributed by atoms with van der Waals surface area (Å²) < 4.78 is 2.18. The normalized spacial score (nSPS) is 17.1. The summed E-state index contributed by atoms with van der Waals surface area (Å²) in [7, 11) is 0. The molecule has 0 spiro atoms. The van der Waals surface area contributed by atoms with Crippen LogP contribution in [0.15, 0.2) is 35.3 Å². The number of nitrogens with zero attached hydrogens (tertiary/aromatic N) is 2. The lowest BCUT2D eigenvalue weighted by atomic mass is 10.0. The zero-order valence-electron chi connectivity index (χ0n) is 14.6. The number of thiophene rings is 1. The third-order valence-corrected chi connectivity index (χ3v) is 7.81. The summed E-state index contributed by atoms with van der Waals surface area (Å²) in [6.45, 7) is 5.67. The summed E-state index contributed by atoms with van der Waals surface area (Å²) in [4.78, 5) is 20.9. The molecular formula is C20H18BrN3OS2. The molecule has 1 N–H and O–H groups in total. The average Bonchev–Trinajstić information content (AvgIpc) is 3.33. The van der Waals surface area contributed by atoms with Crippen molar-refractivity contribution in [2.75, 3.05) is 11.9 Å². The van der Waals surface area contributed by atoms with Gasteiger partial charge in [0.15, 0.2) is 0 Å². The molecule has 1 aliphatic carbocycles. The molecule has 0 bridgehead atoms. The van der Waals surface area contributed by atoms with Crippen LogP contribution in [0.3, 0.4) is 0 Å². The molecule has 27 heavy (non-hydrogen) atoms. The maximum absolute atomic E-state index is 12.0. The minimum absolute atomic E-state index is 0.169. The number of hydrogen-bond acceptors (Lipinski definition) is 5. The molecule has 3 aromatic rings. The molecule has 0 atom stereocenters. The zero-order chi connectivity index (χ0) is 18.5. The molecule has 2 aliphatic rings. The van der Waals surface area contributed by atoms with Crippen molar-refractivity contribution in [2.45, 2.75) is 31.8 Å². The Morgan fingerprint density at radius 3 is 3.00 bits per heavy atom. The lowest BCUT2D eigenvalue weighted by molar-refractivity contribution is -0.111. The van der Waals surface area contributed by atoms with Gasteiger partial charge in [-0.1, -0.05) is 22.5 Å². The average molecular weight is 460 g/mol. The van der Waals surface area contributed by atoms with E-state index in [4.69, 9.17) is 4.98 Å². The SMILES string of the molecule is C=CC(=O)Nc1sc2c(c1-c1nc3cc(Br)ccc3s1)CCN(C1CC1)C2. The van der Waals surface area contributed by atoms with Crippen LogP contribution in [0.25, 0.3) is 20.8 Å². The van der Waals surface area contributed by atoms with E-state index in [1.807, 2.05) is 12.1 Å². The van der Waals surface area contributed by atoms with Crippen LogP contribution >= 0.6 is 38.6 Å². The van der Waals surface area contributed by atoms with Gasteiger partial charge in [-0.2, -0.15) is 0 Å². The minimum atomic E-state index is -0.169. The molecule has 0 saturated heterocycles. The van der Waals surface area contributed by atoms with E-state index in [9.17, 15) is 4.79 Å². The van der Waals surface area contributed by atoms with E-state index in [1.54, 1.807) is 22.7 Å². The molecule has 2 aromatic heterocycles. The van der Waals surface area contributed by atoms with Crippen LogP contribution in [0.4, 0.5) is 5.00 Å². The molecule has 3 heterocycles. The van der Waals surface area contributed by atoms with E-state index >= 15 is 0 Å². The highest BCUT2D eigenvalue weighted by molar-refractivity contribution is 9.10. The number of benzene rings is 1. The molecule has 0 radical (unpaired) electrons. The summed E-state index contributed by atoms with van der Waals surface area (Å²) in [5, 5.41) is 4.92. The number of anilines is 1. The summed E-state index contributed by atoms with van der Waals surface area (Å²) in [5.41, 5.74) is 3.45. The first-order chi connectivity index (χ1) is 13.1. The van der Waals surface area contributed by atoms with Gasteiger partial charge in [0.1, 0.15) is 10.0 Å². The van der Waals surface area contributed by atoms with E-state index in [0.29, 0.717) is 0 Å². The summed E-state index contributed by atoms with van der Waals surface area (Å²) >= 11 is 6.91. The highest BCUT2D eigenvalue weighted by Crippen LogP contribution is 2.47. The molecule has 4 nitrogen and oxygen atoms in total. The van der Waals surface area contributed by atoms with Crippen molar-refractivity contribution < 1.29 is 4.79 Å². The molecule has 1 fully saturated rings. The Morgan fingerprint density at radius 1 is 1.37 bits per heavy atom. The van der Waals surface area contributed by atoms with Gasteiger partial charge in [-0.05, 0) is 49.1 Å². The number of rotatable bonds is 4. The van der Waals surface area contributed by atoms with E-state index in [2.05, 4.69) is 38.8 Å². The Bertz CT molecular complexity index is 1070. The second-order valence-electron chi connectivity index (χ2n) is 6.98. The topological polar surface area (TPSA) is 45.2 Å². The van der Waals surface area contributed by atoms with Gasteiger partial charge < -0.3 is 5.32 Å². The van der Waals surface area contributed by atoms with Crippen LogP contribution in [0, 0.1) is 0 Å². The van der Waals surface area contributed by atoms with Crippen LogP contribution in [0.2, 0.25) is 0 Å². The lowest BCUT2D eigenvalue weighted by Crippen LogP contribution is -2.31. The van der Waals surface area contributed by atoms with Crippen molar-refractivity contribution in [3.8, 4) is 10.6 Å². The van der Waals surface area contributed by atoms with Crippen molar-refractivity contribution >= 4 is 59.7 Å². The third kappa shape index (κ3) is 3.27. The van der Waals surface area contributed by atoms with Gasteiger partial charge in [0.2, 0.25) is 5.91 Å². The summed E-state index contributed by atoms with van der Waals surface area (Å²) in [5.74, 6) is -0.169. The molecule has 1 aromatic carbocycles. The van der Waals surface area contributed by atoms with Gasteiger partial charge in [-0.15, -0.1) is 22.7 Å². The minimum Gasteiger partial charge on any atom is -0.314 e. The molecule has 1 saturated carbocycles. The van der Waals surface area contributed by atoms with E-state index in [0.717, 1.165) is 55.8 Å². The number of thiazole rings is 1. The number of carbonyl (C=O) groups excluding carboxylic acids is 1. The number of hydrogen-bond donors (Lipinski definition) is 1. The van der Waals surface area contributed by atoms with Crippen LogP contribution in [-0.2, 0) is 17.8 Å². The van der Waals surface area contributed by atoms with Gasteiger partial charge in [0.05, 0.1) is 10.2 Å². The first-order valence-electron chi connectivity index (χ1n) is 9.01. The predicted molar refractivity (Wildman–Crippen MR) is 117 cm³/mol. The Kier molecular flexibility index (Phi) is 4.43. The standard InChI is InChI=1S/C20H18BrN3OS2/c1-2-17(25)23-20-18(19-22-14-9-11(21)3-6-15(14)26-19)13-7-8-24(12-4-5-12)10-16(13)27-20/h2-3,6,9,12H,1,4-5,7-8,10H2,(H,23,25). The van der Waals surface area contributed by atoms with Gasteiger partial charge in [0, 0.05) is 34.0 Å². The Labute approximate surface area is 174 Å². The Balaban J connectivity index is 1.61. The number of carbonyl (C=O) groups is 1. The fourth-order valence-corrected chi connectivity index (χ4v) is 6.38. The van der Waals surface area contributed by atoms with Crippen LogP contribution in [0.5, 0.6) is 0 Å². The number of halogens is 1. The summed E-state index contributed by atoms with van der Waals surface area (Å²) in [6.07, 6.45) is 4.98. The fraction of sp³-hybridized carbons (Fsp3) is 0.300. The highest BCUT2D eigenvalue weighted by atomic mass is 79.9. The monoisotopic (exact) mass is 459 g/mol. The van der Waals surface area contributed by atoms with Crippen molar-refractivity contribution in [1.82, 2.24) is 9.88 Å². The lowest BCUT2D eigenvalue weighted by Gasteiger charge is -2.26. The fourth-order valence-electron chi connectivity index (χ4n) is 3.66. The maximum Gasteiger partial charge on any atom is 0.248 e. The van der Waals surface area contributed by atoms with E-state index in [-0.39, 0.29) is 5.91 Å². The van der Waals surface area contributed by atoms with Crippen molar-refractivity contribution in [1.29, 1.82) is 0 Å². The number of nitrogens with one attached hydrogen (secondary N) is 1. The van der Waals surface area contributed by atoms with Crippen LogP contribution in [-0.4, -0.2) is 28.4 Å². The molecular weight excluding hydrogens is 442 g/mol. The van der Waals surface area contributed by atoms with Gasteiger partial charge in [-0.3, -0.25) is 9.69 Å². The molecule has 7 heteroatoms. The molecule has 1 aliphatic heterocycles. The molecule has 138 valence electrons. The molecule has 0 unspecified atom stereocenters. The van der Waals surface area contributed by atoms with Crippen molar-refractivity contribution in [3.05, 3.63) is 45.8 Å². The number of amides is 1. The Hall–Kier alpha value is -1.54. The van der Waals surface area contributed by atoms with Crippen molar-refractivity contribution in [3.63, 3.8) is 0 Å². The Morgan fingerprint density at radius 2 is 2.22 bits per heavy atom. The van der Waals surface area contributed by atoms with Gasteiger partial charge in [0.25, 0.3) is 0 Å². The van der Waals surface area contributed by atoms with Gasteiger partial charge >= 0.3 is 0 Å². The van der Waals surface area contributed by atoms with Crippen LogP contribution < -0.4 is 5.32 Å². The molecule has 1 amide bonds. The van der Waals surface area contributed by atoms with E-state index in [1.165, 1.54) is 29.4 Å². The largest absolute Gasteiger partial charge is 0.314 e. The predicted octanol–water partition coefficient (Wildman–Crippen LogP) is 5.43. The van der Waals surface area contributed by atoms with Crippen molar-refractivity contribution in [2.24, 2.45) is 0 Å². The second-order valence-corrected chi connectivity index (χ2v) is 10.0. The van der Waals surface area contributed by atoms with E-state index < -0.39 is 0 Å². The highest BCUT2D eigenvalue weighted by Gasteiger charge is 2.34. The zero-order valence-corrected chi connectivity index (χ0v) is 17.8. The first kappa shape index (κ1) is 17.6. The second kappa shape index (κ2) is 6.81. The number of aromatic nitrogens is 1. The number of fused-ring (bicyclic) bond motifs is 2. The molecule has 5 rings (SSSR count). The van der Waals surface area contributed by atoms with Crippen LogP contribution in [0.1, 0.15) is 23.3 Å². The van der Waals surface area contributed by atoms with Gasteiger partial charge in [-0.25, -0.2) is 4.98 Å². The first-order valence-corrected chi connectivity index (χ1v) is 11.4. The quantitative estimate of drug-likeness (QED) is 0.528. The summed E-state index contributed by atoms with van der Waals surface area (Å²) in [6, 6.07) is 6.94. The smallest absolute Gasteiger partial charge is 0.248 e. The maximum atomic E-state index is 12.0. The third-order valence-electron chi connectivity index (χ3n) is 5.14.